The van der Waals surface area contributed by atoms with Crippen LogP contribution in [0.15, 0.2) is 51.7 Å². The maximum atomic E-state index is 12.3. The zero-order valence-electron chi connectivity index (χ0n) is 12.3. The van der Waals surface area contributed by atoms with Crippen LogP contribution in [0, 0.1) is 6.92 Å². The van der Waals surface area contributed by atoms with Gasteiger partial charge in [0.25, 0.3) is 5.56 Å². The van der Waals surface area contributed by atoms with E-state index in [0.717, 1.165) is 14.7 Å². The number of carbonyl (C=O) groups excluding carboxylic acids is 1. The molecule has 7 heteroatoms. The van der Waals surface area contributed by atoms with Gasteiger partial charge in [-0.1, -0.05) is 33.3 Å². The number of aryl methyl sites for hydroxylation is 1. The van der Waals surface area contributed by atoms with Crippen molar-refractivity contribution in [3.63, 3.8) is 0 Å². The summed E-state index contributed by atoms with van der Waals surface area (Å²) < 4.78 is 2.02. The number of nitrogens with one attached hydrogen (secondary N) is 1. The van der Waals surface area contributed by atoms with Crippen LogP contribution in [-0.4, -0.2) is 20.9 Å². The van der Waals surface area contributed by atoms with E-state index in [9.17, 15) is 9.59 Å². The van der Waals surface area contributed by atoms with Gasteiger partial charge in [0.05, 0.1) is 5.39 Å². The molecule has 1 amide bonds. The van der Waals surface area contributed by atoms with Crippen LogP contribution < -0.4 is 10.9 Å². The number of hydrogen-bond acceptors (Lipinski definition) is 4. The van der Waals surface area contributed by atoms with Gasteiger partial charge in [0, 0.05) is 10.2 Å². The van der Waals surface area contributed by atoms with Crippen LogP contribution in [-0.2, 0) is 11.3 Å². The molecule has 0 aliphatic carbocycles. The topological polar surface area (TPSA) is 76.9 Å². The largest absolute Gasteiger partial charge is 0.324 e. The minimum Gasteiger partial charge on any atom is -0.324 e. The van der Waals surface area contributed by atoms with Crippen LogP contribution in [0.25, 0.3) is 10.9 Å². The summed E-state index contributed by atoms with van der Waals surface area (Å²) in [5, 5.41) is 10.9. The van der Waals surface area contributed by atoms with E-state index < -0.39 is 0 Å². The van der Waals surface area contributed by atoms with Crippen molar-refractivity contribution in [3.05, 3.63) is 62.9 Å². The Morgan fingerprint density at radius 2 is 2.04 bits per heavy atom. The van der Waals surface area contributed by atoms with Crippen molar-refractivity contribution in [2.45, 2.75) is 13.5 Å². The molecule has 1 aromatic heterocycles. The molecule has 0 aliphatic rings. The Kier molecular flexibility index (Phi) is 4.20. The van der Waals surface area contributed by atoms with Crippen molar-refractivity contribution in [2.24, 2.45) is 0 Å². The van der Waals surface area contributed by atoms with E-state index in [0.29, 0.717) is 16.6 Å². The average Bonchev–Trinajstić information content (AvgIpc) is 2.54. The van der Waals surface area contributed by atoms with E-state index in [1.807, 2.05) is 19.1 Å². The second kappa shape index (κ2) is 6.29. The summed E-state index contributed by atoms with van der Waals surface area (Å²) in [6, 6.07) is 12.4. The van der Waals surface area contributed by atoms with Crippen LogP contribution in [0.4, 0.5) is 5.69 Å². The number of carbonyl (C=O) groups is 1. The number of aromatic nitrogens is 3. The lowest BCUT2D eigenvalue weighted by Gasteiger charge is -2.08. The van der Waals surface area contributed by atoms with Crippen LogP contribution in [0.2, 0.25) is 0 Å². The first-order chi connectivity index (χ1) is 11.0. The summed E-state index contributed by atoms with van der Waals surface area (Å²) in [7, 11) is 0. The average molecular weight is 373 g/mol. The number of amides is 1. The molecule has 3 aromatic rings. The number of hydrogen-bond donors (Lipinski definition) is 1. The smallest absolute Gasteiger partial charge is 0.278 e. The van der Waals surface area contributed by atoms with Gasteiger partial charge in [-0.15, -0.1) is 5.10 Å². The number of rotatable bonds is 3. The predicted octanol–water partition coefficient (Wildman–Crippen LogP) is 2.50. The highest BCUT2D eigenvalue weighted by Crippen LogP contribution is 2.19. The van der Waals surface area contributed by atoms with Gasteiger partial charge in [-0.05, 0) is 42.8 Å². The molecular weight excluding hydrogens is 360 g/mol. The highest BCUT2D eigenvalue weighted by Gasteiger charge is 2.10. The number of anilines is 1. The molecule has 0 bridgehead atoms. The summed E-state index contributed by atoms with van der Waals surface area (Å²) in [4.78, 5) is 24.4. The Labute approximate surface area is 140 Å². The van der Waals surface area contributed by atoms with Crippen LogP contribution >= 0.6 is 15.9 Å². The van der Waals surface area contributed by atoms with Crippen molar-refractivity contribution < 1.29 is 4.79 Å². The fourth-order valence-electron chi connectivity index (χ4n) is 2.19. The van der Waals surface area contributed by atoms with Gasteiger partial charge in [-0.25, -0.2) is 4.68 Å². The molecule has 0 aliphatic heterocycles. The minimum absolute atomic E-state index is 0.189. The predicted molar refractivity (Wildman–Crippen MR) is 91.3 cm³/mol. The Morgan fingerprint density at radius 1 is 1.26 bits per heavy atom. The van der Waals surface area contributed by atoms with Crippen molar-refractivity contribution in [1.29, 1.82) is 0 Å². The van der Waals surface area contributed by atoms with Crippen molar-refractivity contribution in [3.8, 4) is 0 Å². The van der Waals surface area contributed by atoms with Crippen molar-refractivity contribution in [1.82, 2.24) is 15.0 Å². The molecule has 0 atom stereocenters. The second-order valence-electron chi connectivity index (χ2n) is 5.08. The molecule has 2 aromatic carbocycles. The molecule has 23 heavy (non-hydrogen) atoms. The standard InChI is InChI=1S/C16H13BrN4O2/c1-10-8-11(6-7-13(10)17)18-15(22)9-21-16(23)12-4-2-3-5-14(12)19-20-21/h2-8H,9H2,1H3,(H,18,22). The lowest BCUT2D eigenvalue weighted by atomic mass is 10.2. The molecule has 0 spiro atoms. The molecule has 0 saturated heterocycles. The summed E-state index contributed by atoms with van der Waals surface area (Å²) in [5.74, 6) is -0.335. The fraction of sp³-hybridized carbons (Fsp3) is 0.125. The Bertz CT molecular complexity index is 952. The van der Waals surface area contributed by atoms with E-state index >= 15 is 0 Å². The van der Waals surface area contributed by atoms with Gasteiger partial charge < -0.3 is 5.32 Å². The van der Waals surface area contributed by atoms with Crippen molar-refractivity contribution >= 4 is 38.4 Å². The number of fused-ring (bicyclic) bond motifs is 1. The first-order valence-electron chi connectivity index (χ1n) is 6.93. The van der Waals surface area contributed by atoms with Gasteiger partial charge in [0.1, 0.15) is 12.1 Å². The van der Waals surface area contributed by atoms with E-state index in [-0.39, 0.29) is 18.0 Å². The number of benzene rings is 2. The van der Waals surface area contributed by atoms with E-state index in [2.05, 4.69) is 31.6 Å². The Morgan fingerprint density at radius 3 is 2.83 bits per heavy atom. The van der Waals surface area contributed by atoms with Gasteiger partial charge in [0.15, 0.2) is 0 Å². The summed E-state index contributed by atoms with van der Waals surface area (Å²) in [6.45, 7) is 1.74. The molecule has 3 rings (SSSR count). The molecule has 0 unspecified atom stereocenters. The summed E-state index contributed by atoms with van der Waals surface area (Å²) >= 11 is 3.41. The quantitative estimate of drug-likeness (QED) is 0.766. The van der Waals surface area contributed by atoms with Gasteiger partial charge in [-0.2, -0.15) is 0 Å². The Hall–Kier alpha value is -2.54. The third-order valence-corrected chi connectivity index (χ3v) is 4.25. The Balaban J connectivity index is 1.81. The normalized spacial score (nSPS) is 10.7. The molecular formula is C16H13BrN4O2. The van der Waals surface area contributed by atoms with E-state index in [1.165, 1.54) is 0 Å². The maximum Gasteiger partial charge on any atom is 0.278 e. The van der Waals surface area contributed by atoms with E-state index in [1.54, 1.807) is 30.3 Å². The lowest BCUT2D eigenvalue weighted by Crippen LogP contribution is -2.30. The molecule has 0 fully saturated rings. The molecule has 116 valence electrons. The molecule has 1 N–H and O–H groups in total. The zero-order valence-corrected chi connectivity index (χ0v) is 13.9. The van der Waals surface area contributed by atoms with Gasteiger partial charge >= 0.3 is 0 Å². The highest BCUT2D eigenvalue weighted by molar-refractivity contribution is 9.10. The van der Waals surface area contributed by atoms with E-state index in [4.69, 9.17) is 0 Å². The second-order valence-corrected chi connectivity index (χ2v) is 5.94. The first-order valence-corrected chi connectivity index (χ1v) is 7.72. The monoisotopic (exact) mass is 372 g/mol. The molecule has 0 radical (unpaired) electrons. The summed E-state index contributed by atoms with van der Waals surface area (Å²) in [5.41, 5.74) is 1.85. The zero-order chi connectivity index (χ0) is 16.4. The van der Waals surface area contributed by atoms with Crippen molar-refractivity contribution in [2.75, 3.05) is 5.32 Å². The molecule has 0 saturated carbocycles. The first kappa shape index (κ1) is 15.4. The van der Waals surface area contributed by atoms with Crippen LogP contribution in [0.3, 0.4) is 0 Å². The van der Waals surface area contributed by atoms with Crippen LogP contribution in [0.5, 0.6) is 0 Å². The number of halogens is 1. The third kappa shape index (κ3) is 3.29. The lowest BCUT2D eigenvalue weighted by molar-refractivity contribution is -0.117. The number of nitrogens with zero attached hydrogens (tertiary/aromatic N) is 3. The molecule has 6 nitrogen and oxygen atoms in total. The fourth-order valence-corrected chi connectivity index (χ4v) is 2.43. The minimum atomic E-state index is -0.335. The van der Waals surface area contributed by atoms with Crippen LogP contribution in [0.1, 0.15) is 5.56 Å². The van der Waals surface area contributed by atoms with Gasteiger partial charge in [0.2, 0.25) is 5.91 Å². The van der Waals surface area contributed by atoms with Gasteiger partial charge in [-0.3, -0.25) is 9.59 Å². The molecule has 1 heterocycles. The highest BCUT2D eigenvalue weighted by atomic mass is 79.9. The SMILES string of the molecule is Cc1cc(NC(=O)Cn2nnc3ccccc3c2=O)ccc1Br. The third-order valence-electron chi connectivity index (χ3n) is 3.36. The maximum absolute atomic E-state index is 12.3. The summed E-state index contributed by atoms with van der Waals surface area (Å²) in [6.07, 6.45) is 0.